The third-order valence-corrected chi connectivity index (χ3v) is 3.44. The zero-order valence-corrected chi connectivity index (χ0v) is 14.7. The Kier molecular flexibility index (Phi) is 10.3. The highest BCUT2D eigenvalue weighted by molar-refractivity contribution is 7.90. The molecule has 4 N–H and O–H groups in total. The van der Waals surface area contributed by atoms with E-state index in [2.05, 4.69) is 15.1 Å². The van der Waals surface area contributed by atoms with Gasteiger partial charge in [0.1, 0.15) is 0 Å². The lowest BCUT2D eigenvalue weighted by Gasteiger charge is -2.06. The van der Waals surface area contributed by atoms with Crippen LogP contribution >= 0.6 is 0 Å². The summed E-state index contributed by atoms with van der Waals surface area (Å²) in [5.74, 6) is 0. The van der Waals surface area contributed by atoms with Gasteiger partial charge in [-0.05, 0) is 31.2 Å². The lowest BCUT2D eigenvalue weighted by molar-refractivity contribution is 0.158. The number of hydrogen-bond acceptors (Lipinski definition) is 8. The van der Waals surface area contributed by atoms with Crippen LogP contribution < -0.4 is 10.5 Å². The summed E-state index contributed by atoms with van der Waals surface area (Å²) in [4.78, 5) is 11.1. The molecule has 0 radical (unpaired) electrons. The lowest BCUT2D eigenvalue weighted by Crippen LogP contribution is -2.31. The van der Waals surface area contributed by atoms with Crippen LogP contribution in [0.5, 0.6) is 0 Å². The summed E-state index contributed by atoms with van der Waals surface area (Å²) in [6.45, 7) is 2.14. The van der Waals surface area contributed by atoms with E-state index < -0.39 is 16.1 Å². The van der Waals surface area contributed by atoms with Crippen molar-refractivity contribution in [2.75, 3.05) is 33.9 Å². The van der Waals surface area contributed by atoms with Gasteiger partial charge in [0.2, 0.25) is 0 Å². The molecule has 0 aromatic heterocycles. The fraction of sp³-hybridized carbons (Fsp3) is 0.462. The van der Waals surface area contributed by atoms with Crippen molar-refractivity contribution in [3.05, 3.63) is 24.3 Å². The van der Waals surface area contributed by atoms with Gasteiger partial charge < -0.3 is 15.6 Å². The van der Waals surface area contributed by atoms with Crippen LogP contribution in [0.2, 0.25) is 0 Å². The van der Waals surface area contributed by atoms with Crippen LogP contribution in [-0.2, 0) is 14.8 Å². The van der Waals surface area contributed by atoms with Gasteiger partial charge >= 0.3 is 6.09 Å². The zero-order chi connectivity index (χ0) is 18.6. The Hall–Kier alpha value is -2.24. The second-order valence-corrected chi connectivity index (χ2v) is 6.05. The number of nitrogens with one attached hydrogen (secondary N) is 1. The monoisotopic (exact) mass is 361 g/mol. The van der Waals surface area contributed by atoms with Crippen LogP contribution in [0.4, 0.5) is 10.5 Å². The van der Waals surface area contributed by atoms with Gasteiger partial charge in [0, 0.05) is 20.6 Å². The van der Waals surface area contributed by atoms with E-state index in [0.29, 0.717) is 12.2 Å². The number of rotatable bonds is 6. The molecule has 0 heterocycles. The van der Waals surface area contributed by atoms with Crippen molar-refractivity contribution in [3.8, 4) is 0 Å². The minimum atomic E-state index is -3.94. The molecule has 1 aromatic carbocycles. The van der Waals surface area contributed by atoms with Crippen molar-refractivity contribution in [1.82, 2.24) is 9.73 Å². The molecule has 11 heteroatoms. The third kappa shape index (κ3) is 9.02. The van der Waals surface area contributed by atoms with Crippen molar-refractivity contribution in [3.63, 3.8) is 0 Å². The average molecular weight is 361 g/mol. The topological polar surface area (TPSA) is 147 Å². The second kappa shape index (κ2) is 11.3. The average Bonchev–Trinajstić information content (AvgIpc) is 2.53. The number of aliphatic hydroxyl groups excluding tert-OH is 1. The number of sulfonamides is 1. The molecule has 10 nitrogen and oxygen atoms in total. The fourth-order valence-corrected chi connectivity index (χ4v) is 2.05. The van der Waals surface area contributed by atoms with Crippen LogP contribution in [0.1, 0.15) is 6.92 Å². The Morgan fingerprint density at radius 1 is 1.33 bits per heavy atom. The Bertz CT molecular complexity index is 614. The Balaban J connectivity index is 0.00000118. The van der Waals surface area contributed by atoms with Gasteiger partial charge in [0.15, 0.2) is 0 Å². The van der Waals surface area contributed by atoms with Crippen molar-refractivity contribution in [2.45, 2.75) is 11.8 Å². The van der Waals surface area contributed by atoms with Gasteiger partial charge in [-0.15, -0.1) is 5.11 Å². The second-order valence-electron chi connectivity index (χ2n) is 4.37. The molecule has 0 unspecified atom stereocenters. The van der Waals surface area contributed by atoms with E-state index in [9.17, 15) is 13.2 Å². The molecule has 0 aliphatic carbocycles. The number of carbonyl (C=O) groups excluding carboxylic acids is 1. The van der Waals surface area contributed by atoms with E-state index in [4.69, 9.17) is 10.8 Å². The minimum Gasteiger partial charge on any atom is -0.449 e. The first kappa shape index (κ1) is 21.8. The smallest absolute Gasteiger partial charge is 0.421 e. The maximum Gasteiger partial charge on any atom is 0.421 e. The molecule has 0 bridgehead atoms. The van der Waals surface area contributed by atoms with Gasteiger partial charge in [0.25, 0.3) is 10.0 Å². The first-order valence-corrected chi connectivity index (χ1v) is 8.44. The standard InChI is InChI=1S/C11H16N4O4S.C2H7NO/c1-4-19-11(16)13-20(17,18)10-7-5-9(6-8-10)12-14-15(2)3;3-1-2-4/h5-8H,4H2,1-3H3,(H,13,16);4H,1-3H2. The molecule has 0 aliphatic heterocycles. The molecule has 0 saturated heterocycles. The van der Waals surface area contributed by atoms with Crippen LogP contribution in [0, 0.1) is 0 Å². The van der Waals surface area contributed by atoms with Gasteiger partial charge in [-0.3, -0.25) is 5.01 Å². The SMILES string of the molecule is CCOC(=O)NS(=O)(=O)c1ccc(N=NN(C)C)cc1.NCCO. The van der Waals surface area contributed by atoms with Crippen LogP contribution in [0.3, 0.4) is 0 Å². The van der Waals surface area contributed by atoms with E-state index in [0.717, 1.165) is 0 Å². The highest BCUT2D eigenvalue weighted by Crippen LogP contribution is 2.16. The molecule has 1 aromatic rings. The van der Waals surface area contributed by atoms with E-state index >= 15 is 0 Å². The number of amides is 1. The largest absolute Gasteiger partial charge is 0.449 e. The Labute approximate surface area is 141 Å². The molecule has 136 valence electrons. The molecule has 24 heavy (non-hydrogen) atoms. The van der Waals surface area contributed by atoms with Crippen molar-refractivity contribution in [2.24, 2.45) is 16.1 Å². The highest BCUT2D eigenvalue weighted by atomic mass is 32.2. The van der Waals surface area contributed by atoms with E-state index in [1.165, 1.54) is 29.3 Å². The maximum absolute atomic E-state index is 11.8. The normalized spacial score (nSPS) is 10.7. The number of carbonyl (C=O) groups is 1. The summed E-state index contributed by atoms with van der Waals surface area (Å²) in [5, 5.41) is 16.9. The highest BCUT2D eigenvalue weighted by Gasteiger charge is 2.17. The molecular weight excluding hydrogens is 338 g/mol. The number of aliphatic hydroxyl groups is 1. The summed E-state index contributed by atoms with van der Waals surface area (Å²) >= 11 is 0. The molecular formula is C13H23N5O5S. The van der Waals surface area contributed by atoms with Crippen molar-refractivity contribution >= 4 is 21.8 Å². The molecule has 0 aliphatic rings. The fourth-order valence-electron chi connectivity index (χ4n) is 1.16. The Morgan fingerprint density at radius 3 is 2.29 bits per heavy atom. The van der Waals surface area contributed by atoms with Crippen LogP contribution in [0.15, 0.2) is 39.5 Å². The maximum atomic E-state index is 11.8. The molecule has 0 saturated carbocycles. The third-order valence-electron chi connectivity index (χ3n) is 2.11. The molecule has 0 fully saturated rings. The predicted molar refractivity (Wildman–Crippen MR) is 88.1 cm³/mol. The molecule has 1 rings (SSSR count). The molecule has 0 atom stereocenters. The minimum absolute atomic E-state index is 0.0608. The van der Waals surface area contributed by atoms with Crippen LogP contribution in [0.25, 0.3) is 0 Å². The van der Waals surface area contributed by atoms with E-state index in [1.807, 2.05) is 0 Å². The number of ether oxygens (including phenoxy) is 1. The summed E-state index contributed by atoms with van der Waals surface area (Å²) in [6.07, 6.45) is -1.01. The number of nitrogens with zero attached hydrogens (tertiary/aromatic N) is 3. The number of nitrogens with two attached hydrogens (primary N) is 1. The quantitative estimate of drug-likeness (QED) is 0.497. The van der Waals surface area contributed by atoms with Gasteiger partial charge in [0.05, 0.1) is 23.8 Å². The van der Waals surface area contributed by atoms with Gasteiger partial charge in [-0.25, -0.2) is 17.9 Å². The molecule has 1 amide bonds. The van der Waals surface area contributed by atoms with Crippen LogP contribution in [-0.4, -0.2) is 58.5 Å². The van der Waals surface area contributed by atoms with Gasteiger partial charge in [-0.2, -0.15) is 0 Å². The molecule has 0 spiro atoms. The summed E-state index contributed by atoms with van der Waals surface area (Å²) in [7, 11) is -0.509. The summed E-state index contributed by atoms with van der Waals surface area (Å²) in [6, 6.07) is 5.61. The van der Waals surface area contributed by atoms with Crippen molar-refractivity contribution < 1.29 is 23.1 Å². The zero-order valence-electron chi connectivity index (χ0n) is 13.8. The first-order valence-electron chi connectivity index (χ1n) is 6.96. The number of benzene rings is 1. The summed E-state index contributed by atoms with van der Waals surface area (Å²) in [5.41, 5.74) is 5.27. The van der Waals surface area contributed by atoms with Crippen molar-refractivity contribution in [1.29, 1.82) is 0 Å². The predicted octanol–water partition coefficient (Wildman–Crippen LogP) is 0.619. The summed E-state index contributed by atoms with van der Waals surface area (Å²) < 4.78 is 30.0. The van der Waals surface area contributed by atoms with Gasteiger partial charge in [-0.1, -0.05) is 5.22 Å². The van der Waals surface area contributed by atoms with E-state index in [1.54, 1.807) is 25.7 Å². The lowest BCUT2D eigenvalue weighted by atomic mass is 10.3. The Morgan fingerprint density at radius 2 is 1.88 bits per heavy atom. The first-order chi connectivity index (χ1) is 11.3. The number of hydrogen-bond donors (Lipinski definition) is 3. The van der Waals surface area contributed by atoms with E-state index in [-0.39, 0.29) is 18.1 Å².